The van der Waals surface area contributed by atoms with Gasteiger partial charge in [-0.3, -0.25) is 4.90 Å². The topological polar surface area (TPSA) is 51.2 Å². The van der Waals surface area contributed by atoms with Gasteiger partial charge in [-0.1, -0.05) is 11.6 Å². The van der Waals surface area contributed by atoms with Crippen molar-refractivity contribution in [2.45, 2.75) is 26.1 Å². The average molecular weight is 417 g/mol. The number of methoxy groups -OCH3 is 1. The molecule has 2 aliphatic rings. The van der Waals surface area contributed by atoms with Crippen LogP contribution in [0.3, 0.4) is 0 Å². The van der Waals surface area contributed by atoms with E-state index in [-0.39, 0.29) is 12.8 Å². The van der Waals surface area contributed by atoms with Crippen LogP contribution in [0.4, 0.5) is 5.69 Å². The summed E-state index contributed by atoms with van der Waals surface area (Å²) in [6.45, 7) is 6.59. The number of anilines is 1. The maximum absolute atomic E-state index is 11.6. The van der Waals surface area contributed by atoms with Gasteiger partial charge in [0.15, 0.2) is 6.79 Å². The molecule has 0 aromatic heterocycles. The maximum atomic E-state index is 11.6. The Bertz CT molecular complexity index is 887. The van der Waals surface area contributed by atoms with Gasteiger partial charge < -0.3 is 19.1 Å². The average Bonchev–Trinajstić information content (AvgIpc) is 2.74. The zero-order valence-electron chi connectivity index (χ0n) is 16.7. The quantitative estimate of drug-likeness (QED) is 0.708. The van der Waals surface area contributed by atoms with Crippen LogP contribution in [0.5, 0.6) is 5.75 Å². The minimum atomic E-state index is -0.313. The predicted octanol–water partition coefficient (Wildman–Crippen LogP) is 3.70. The van der Waals surface area contributed by atoms with Gasteiger partial charge in [-0.15, -0.1) is 0 Å². The lowest BCUT2D eigenvalue weighted by Gasteiger charge is -2.41. The van der Waals surface area contributed by atoms with Gasteiger partial charge in [0.1, 0.15) is 5.75 Å². The SMILES string of the molecule is COC(=O)c1ccc(N2CCN(Cc3cc(Cl)cc4c3OCOC4)C(C)C2)cc1. The van der Waals surface area contributed by atoms with Crippen LogP contribution in [0.15, 0.2) is 36.4 Å². The van der Waals surface area contributed by atoms with Gasteiger partial charge in [-0.05, 0) is 43.3 Å². The van der Waals surface area contributed by atoms with Crippen LogP contribution < -0.4 is 9.64 Å². The normalized spacial score (nSPS) is 19.4. The van der Waals surface area contributed by atoms with E-state index in [9.17, 15) is 4.79 Å². The smallest absolute Gasteiger partial charge is 0.337 e. The van der Waals surface area contributed by atoms with E-state index in [0.717, 1.165) is 48.7 Å². The van der Waals surface area contributed by atoms with Gasteiger partial charge in [-0.2, -0.15) is 0 Å². The van der Waals surface area contributed by atoms with E-state index in [1.807, 2.05) is 36.4 Å². The predicted molar refractivity (Wildman–Crippen MR) is 112 cm³/mol. The fourth-order valence-corrected chi connectivity index (χ4v) is 4.25. The molecule has 1 fully saturated rings. The molecule has 2 aromatic rings. The van der Waals surface area contributed by atoms with Gasteiger partial charge in [0.05, 0.1) is 19.3 Å². The van der Waals surface area contributed by atoms with E-state index in [0.29, 0.717) is 23.2 Å². The number of carbonyl (C=O) groups is 1. The molecule has 1 atom stereocenters. The van der Waals surface area contributed by atoms with Gasteiger partial charge in [0, 0.05) is 54.1 Å². The number of halogens is 1. The molecule has 2 aliphatic heterocycles. The third-order valence-electron chi connectivity index (χ3n) is 5.54. The summed E-state index contributed by atoms with van der Waals surface area (Å²) in [6.07, 6.45) is 0. The number of carbonyl (C=O) groups excluding carboxylic acids is 1. The van der Waals surface area contributed by atoms with E-state index in [2.05, 4.69) is 16.7 Å². The molecule has 0 N–H and O–H groups in total. The van der Waals surface area contributed by atoms with Crippen LogP contribution in [0.2, 0.25) is 5.02 Å². The number of esters is 1. The van der Waals surface area contributed by atoms with Gasteiger partial charge >= 0.3 is 5.97 Å². The van der Waals surface area contributed by atoms with Crippen molar-refractivity contribution >= 4 is 23.3 Å². The molecule has 4 rings (SSSR count). The van der Waals surface area contributed by atoms with Crippen LogP contribution >= 0.6 is 11.6 Å². The number of fused-ring (bicyclic) bond motifs is 1. The maximum Gasteiger partial charge on any atom is 0.337 e. The van der Waals surface area contributed by atoms with Crippen LogP contribution in [0, 0.1) is 0 Å². The van der Waals surface area contributed by atoms with E-state index in [1.165, 1.54) is 7.11 Å². The molecule has 0 amide bonds. The summed E-state index contributed by atoms with van der Waals surface area (Å²) in [5.74, 6) is 0.598. The summed E-state index contributed by atoms with van der Waals surface area (Å²) in [5, 5.41) is 0.713. The first-order chi connectivity index (χ1) is 14.0. The van der Waals surface area contributed by atoms with Crippen LogP contribution in [-0.2, 0) is 22.6 Å². The second kappa shape index (κ2) is 8.61. The molecule has 0 bridgehead atoms. The van der Waals surface area contributed by atoms with Crippen LogP contribution in [-0.4, -0.2) is 50.4 Å². The molecule has 1 saturated heterocycles. The lowest BCUT2D eigenvalue weighted by Crippen LogP contribution is -2.51. The zero-order chi connectivity index (χ0) is 20.4. The molecule has 1 unspecified atom stereocenters. The highest BCUT2D eigenvalue weighted by Gasteiger charge is 2.26. The zero-order valence-corrected chi connectivity index (χ0v) is 17.4. The summed E-state index contributed by atoms with van der Waals surface area (Å²) in [7, 11) is 1.40. The van der Waals surface area contributed by atoms with Crippen molar-refractivity contribution in [3.8, 4) is 5.75 Å². The monoisotopic (exact) mass is 416 g/mol. The van der Waals surface area contributed by atoms with Crippen LogP contribution in [0.25, 0.3) is 0 Å². The molecule has 7 heteroatoms. The first-order valence-corrected chi connectivity index (χ1v) is 10.1. The van der Waals surface area contributed by atoms with E-state index in [1.54, 1.807) is 0 Å². The highest BCUT2D eigenvalue weighted by molar-refractivity contribution is 6.30. The molecule has 0 aliphatic carbocycles. The molecular weight excluding hydrogens is 392 g/mol. The summed E-state index contributed by atoms with van der Waals surface area (Å²) >= 11 is 6.31. The standard InChI is InChI=1S/C22H25ClN2O4/c1-15-11-25(20-5-3-16(4-6-20)22(26)27-2)8-7-24(15)12-17-9-19(23)10-18-13-28-14-29-21(17)18/h3-6,9-10,15H,7-8,11-14H2,1-2H3. The number of hydrogen-bond acceptors (Lipinski definition) is 6. The number of piperazine rings is 1. The highest BCUT2D eigenvalue weighted by Crippen LogP contribution is 2.33. The Kier molecular flexibility index (Phi) is 5.94. The second-order valence-electron chi connectivity index (χ2n) is 7.47. The van der Waals surface area contributed by atoms with Gasteiger partial charge in [0.2, 0.25) is 0 Å². The van der Waals surface area contributed by atoms with Crippen molar-refractivity contribution in [1.82, 2.24) is 4.90 Å². The molecule has 0 radical (unpaired) electrons. The Morgan fingerprint density at radius 3 is 2.76 bits per heavy atom. The largest absolute Gasteiger partial charge is 0.467 e. The molecule has 6 nitrogen and oxygen atoms in total. The summed E-state index contributed by atoms with van der Waals surface area (Å²) in [6, 6.07) is 11.9. The Hall–Kier alpha value is -2.28. The van der Waals surface area contributed by atoms with Crippen molar-refractivity contribution in [2.75, 3.05) is 38.4 Å². The number of benzene rings is 2. The number of hydrogen-bond donors (Lipinski definition) is 0. The Morgan fingerprint density at radius 1 is 1.24 bits per heavy atom. The van der Waals surface area contributed by atoms with Crippen molar-refractivity contribution in [1.29, 1.82) is 0 Å². The van der Waals surface area contributed by atoms with Crippen molar-refractivity contribution < 1.29 is 19.0 Å². The first kappa shape index (κ1) is 20.0. The molecular formula is C22H25ClN2O4. The number of nitrogens with zero attached hydrogens (tertiary/aromatic N) is 2. The molecule has 2 heterocycles. The Balaban J connectivity index is 1.44. The summed E-state index contributed by atoms with van der Waals surface area (Å²) in [4.78, 5) is 16.4. The highest BCUT2D eigenvalue weighted by atomic mass is 35.5. The minimum Gasteiger partial charge on any atom is -0.467 e. The fourth-order valence-electron chi connectivity index (χ4n) is 3.98. The molecule has 0 spiro atoms. The van der Waals surface area contributed by atoms with E-state index < -0.39 is 0 Å². The van der Waals surface area contributed by atoms with Gasteiger partial charge in [-0.25, -0.2) is 4.79 Å². The fraction of sp³-hybridized carbons (Fsp3) is 0.409. The summed E-state index contributed by atoms with van der Waals surface area (Å²) in [5.41, 5.74) is 3.80. The third-order valence-corrected chi connectivity index (χ3v) is 5.76. The first-order valence-electron chi connectivity index (χ1n) is 9.74. The third kappa shape index (κ3) is 4.34. The van der Waals surface area contributed by atoms with Crippen molar-refractivity contribution in [3.63, 3.8) is 0 Å². The molecule has 29 heavy (non-hydrogen) atoms. The van der Waals surface area contributed by atoms with E-state index in [4.69, 9.17) is 25.8 Å². The van der Waals surface area contributed by atoms with E-state index >= 15 is 0 Å². The number of ether oxygens (including phenoxy) is 3. The van der Waals surface area contributed by atoms with Crippen molar-refractivity contribution in [3.05, 3.63) is 58.1 Å². The minimum absolute atomic E-state index is 0.284. The number of rotatable bonds is 4. The summed E-state index contributed by atoms with van der Waals surface area (Å²) < 4.78 is 15.9. The lowest BCUT2D eigenvalue weighted by molar-refractivity contribution is -0.0176. The van der Waals surface area contributed by atoms with Gasteiger partial charge in [0.25, 0.3) is 0 Å². The second-order valence-corrected chi connectivity index (χ2v) is 7.90. The van der Waals surface area contributed by atoms with Crippen LogP contribution in [0.1, 0.15) is 28.4 Å². The van der Waals surface area contributed by atoms with Crippen molar-refractivity contribution in [2.24, 2.45) is 0 Å². The lowest BCUT2D eigenvalue weighted by atomic mass is 10.1. The Morgan fingerprint density at radius 2 is 2.03 bits per heavy atom. The molecule has 154 valence electrons. The molecule has 2 aromatic carbocycles. The molecule has 0 saturated carbocycles. The Labute approximate surface area is 175 Å².